The summed E-state index contributed by atoms with van der Waals surface area (Å²) < 4.78 is 1.13. The summed E-state index contributed by atoms with van der Waals surface area (Å²) in [6, 6.07) is 6.32. The monoisotopic (exact) mass is 269 g/mol. The molecule has 1 atom stereocenters. The van der Waals surface area contributed by atoms with Crippen molar-refractivity contribution < 1.29 is 5.11 Å². The Balaban J connectivity index is 2.23. The molecule has 1 unspecified atom stereocenters. The minimum absolute atomic E-state index is 0.560. The van der Waals surface area contributed by atoms with Crippen molar-refractivity contribution in [3.05, 3.63) is 33.8 Å². The van der Waals surface area contributed by atoms with Crippen LogP contribution in [0.3, 0.4) is 0 Å². The van der Waals surface area contributed by atoms with E-state index < -0.39 is 5.60 Å². The van der Waals surface area contributed by atoms with Crippen molar-refractivity contribution in [3.8, 4) is 0 Å². The van der Waals surface area contributed by atoms with Gasteiger partial charge in [0.05, 0.1) is 5.60 Å². The van der Waals surface area contributed by atoms with Crippen LogP contribution in [-0.2, 0) is 12.8 Å². The van der Waals surface area contributed by atoms with Crippen LogP contribution >= 0.6 is 15.9 Å². The summed E-state index contributed by atoms with van der Waals surface area (Å²) in [7, 11) is 1.88. The van der Waals surface area contributed by atoms with E-state index in [2.05, 4.69) is 33.4 Å². The Hall–Kier alpha value is -0.380. The van der Waals surface area contributed by atoms with E-state index in [1.165, 1.54) is 11.1 Å². The molecule has 82 valence electrons. The smallest absolute Gasteiger partial charge is 0.0814 e. The number of likely N-dealkylation sites (N-methyl/N-ethyl adjacent to an activating group) is 1. The van der Waals surface area contributed by atoms with Gasteiger partial charge < -0.3 is 10.4 Å². The number of nitrogens with one attached hydrogen (secondary N) is 1. The lowest BCUT2D eigenvalue weighted by molar-refractivity contribution is 0.0286. The van der Waals surface area contributed by atoms with E-state index in [4.69, 9.17) is 0 Å². The van der Waals surface area contributed by atoms with Crippen LogP contribution in [0.1, 0.15) is 17.5 Å². The number of aryl methyl sites for hydroxylation is 1. The number of aliphatic hydroxyl groups is 1. The summed E-state index contributed by atoms with van der Waals surface area (Å²) in [4.78, 5) is 0. The quantitative estimate of drug-likeness (QED) is 0.860. The molecule has 1 aliphatic carbocycles. The number of benzene rings is 1. The third-order valence-electron chi connectivity index (χ3n) is 3.05. The summed E-state index contributed by atoms with van der Waals surface area (Å²) in [5, 5.41) is 13.4. The minimum atomic E-state index is -0.560. The fourth-order valence-corrected chi connectivity index (χ4v) is 2.70. The van der Waals surface area contributed by atoms with Crippen LogP contribution in [0.4, 0.5) is 0 Å². The average Bonchev–Trinajstić information content (AvgIpc) is 2.19. The number of hydrogen-bond acceptors (Lipinski definition) is 2. The molecule has 2 nitrogen and oxygen atoms in total. The molecule has 0 radical (unpaired) electrons. The minimum Gasteiger partial charge on any atom is -0.388 e. The number of fused-ring (bicyclic) bond motifs is 1. The summed E-state index contributed by atoms with van der Waals surface area (Å²) in [6.07, 6.45) is 2.57. The highest BCUT2D eigenvalue weighted by Crippen LogP contribution is 2.30. The molecule has 1 aliphatic rings. The molecule has 0 heterocycles. The van der Waals surface area contributed by atoms with E-state index in [0.29, 0.717) is 6.54 Å². The molecule has 0 saturated carbocycles. The van der Waals surface area contributed by atoms with Gasteiger partial charge in [0.2, 0.25) is 0 Å². The van der Waals surface area contributed by atoms with Gasteiger partial charge in [0, 0.05) is 17.4 Å². The van der Waals surface area contributed by atoms with Gasteiger partial charge in [0.1, 0.15) is 0 Å². The second-order valence-corrected chi connectivity index (χ2v) is 5.26. The fourth-order valence-electron chi connectivity index (χ4n) is 2.29. The van der Waals surface area contributed by atoms with E-state index >= 15 is 0 Å². The van der Waals surface area contributed by atoms with Gasteiger partial charge in [0.25, 0.3) is 0 Å². The third kappa shape index (κ3) is 2.41. The Morgan fingerprint density at radius 2 is 2.27 bits per heavy atom. The van der Waals surface area contributed by atoms with E-state index in [-0.39, 0.29) is 0 Å². The molecule has 0 spiro atoms. The number of halogens is 1. The van der Waals surface area contributed by atoms with Gasteiger partial charge in [0.15, 0.2) is 0 Å². The number of rotatable bonds is 2. The Morgan fingerprint density at radius 3 is 3.00 bits per heavy atom. The molecule has 0 fully saturated rings. The van der Waals surface area contributed by atoms with Crippen LogP contribution < -0.4 is 5.32 Å². The van der Waals surface area contributed by atoms with Crippen LogP contribution in [0.5, 0.6) is 0 Å². The zero-order chi connectivity index (χ0) is 10.9. The fraction of sp³-hybridized carbons (Fsp3) is 0.500. The van der Waals surface area contributed by atoms with E-state index in [9.17, 15) is 5.11 Å². The Morgan fingerprint density at radius 1 is 1.47 bits per heavy atom. The van der Waals surface area contributed by atoms with Crippen molar-refractivity contribution in [3.63, 3.8) is 0 Å². The first kappa shape index (κ1) is 11.1. The normalized spacial score (nSPS) is 25.0. The highest BCUT2D eigenvalue weighted by Gasteiger charge is 2.31. The Labute approximate surface area is 98.8 Å². The molecular weight excluding hydrogens is 254 g/mol. The largest absolute Gasteiger partial charge is 0.388 e. The first-order valence-corrected chi connectivity index (χ1v) is 6.06. The maximum atomic E-state index is 10.3. The highest BCUT2D eigenvalue weighted by atomic mass is 79.9. The first-order chi connectivity index (χ1) is 7.13. The molecule has 2 rings (SSSR count). The third-order valence-corrected chi connectivity index (χ3v) is 3.55. The lowest BCUT2D eigenvalue weighted by atomic mass is 9.80. The molecule has 0 aliphatic heterocycles. The van der Waals surface area contributed by atoms with E-state index in [1.807, 2.05) is 13.1 Å². The van der Waals surface area contributed by atoms with Gasteiger partial charge in [-0.3, -0.25) is 0 Å². The van der Waals surface area contributed by atoms with Gasteiger partial charge in [-0.2, -0.15) is 0 Å². The average molecular weight is 270 g/mol. The lowest BCUT2D eigenvalue weighted by Crippen LogP contribution is -2.44. The van der Waals surface area contributed by atoms with E-state index in [1.54, 1.807) is 0 Å². The molecule has 0 aromatic heterocycles. The van der Waals surface area contributed by atoms with Gasteiger partial charge >= 0.3 is 0 Å². The van der Waals surface area contributed by atoms with Crippen LogP contribution in [0, 0.1) is 0 Å². The second-order valence-electron chi connectivity index (χ2n) is 4.34. The van der Waals surface area contributed by atoms with Crippen LogP contribution in [0.15, 0.2) is 22.7 Å². The Bertz CT molecular complexity index is 367. The molecule has 0 amide bonds. The topological polar surface area (TPSA) is 32.3 Å². The van der Waals surface area contributed by atoms with Crippen LogP contribution in [0.2, 0.25) is 0 Å². The standard InChI is InChI=1S/C12H16BrNO/c1-14-8-12(15)5-4-9-6-11(13)3-2-10(9)7-12/h2-3,6,14-15H,4-5,7-8H2,1H3. The zero-order valence-corrected chi connectivity index (χ0v) is 10.5. The maximum Gasteiger partial charge on any atom is 0.0814 e. The molecule has 2 N–H and O–H groups in total. The molecule has 15 heavy (non-hydrogen) atoms. The molecule has 1 aromatic carbocycles. The van der Waals surface area contributed by atoms with Crippen molar-refractivity contribution in [2.75, 3.05) is 13.6 Å². The first-order valence-electron chi connectivity index (χ1n) is 5.27. The lowest BCUT2D eigenvalue weighted by Gasteiger charge is -2.33. The predicted octanol–water partition coefficient (Wildman–Crippen LogP) is 1.89. The highest BCUT2D eigenvalue weighted by molar-refractivity contribution is 9.10. The van der Waals surface area contributed by atoms with Crippen molar-refractivity contribution in [2.45, 2.75) is 24.9 Å². The van der Waals surface area contributed by atoms with Gasteiger partial charge in [-0.25, -0.2) is 0 Å². The summed E-state index contributed by atoms with van der Waals surface area (Å²) in [5.41, 5.74) is 2.09. The molecule has 0 bridgehead atoms. The second kappa shape index (κ2) is 4.24. The summed E-state index contributed by atoms with van der Waals surface area (Å²) in [5.74, 6) is 0. The molecule has 1 aromatic rings. The van der Waals surface area contributed by atoms with Crippen molar-refractivity contribution >= 4 is 15.9 Å². The van der Waals surface area contributed by atoms with Crippen molar-refractivity contribution in [1.29, 1.82) is 0 Å². The molecule has 3 heteroatoms. The van der Waals surface area contributed by atoms with E-state index in [0.717, 1.165) is 23.7 Å². The number of hydrogen-bond donors (Lipinski definition) is 2. The summed E-state index contributed by atoms with van der Waals surface area (Å²) >= 11 is 3.47. The maximum absolute atomic E-state index is 10.3. The summed E-state index contributed by atoms with van der Waals surface area (Å²) in [6.45, 7) is 0.669. The van der Waals surface area contributed by atoms with Gasteiger partial charge in [-0.15, -0.1) is 0 Å². The SMILES string of the molecule is CNCC1(O)CCc2cc(Br)ccc2C1. The van der Waals surface area contributed by atoms with Crippen LogP contribution in [0.25, 0.3) is 0 Å². The van der Waals surface area contributed by atoms with Crippen molar-refractivity contribution in [2.24, 2.45) is 0 Å². The van der Waals surface area contributed by atoms with Crippen LogP contribution in [-0.4, -0.2) is 24.3 Å². The Kier molecular flexibility index (Phi) is 3.14. The predicted molar refractivity (Wildman–Crippen MR) is 65.0 cm³/mol. The van der Waals surface area contributed by atoms with Gasteiger partial charge in [-0.1, -0.05) is 22.0 Å². The zero-order valence-electron chi connectivity index (χ0n) is 8.89. The van der Waals surface area contributed by atoms with Gasteiger partial charge in [-0.05, 0) is 43.1 Å². The molecule has 0 saturated heterocycles. The molecular formula is C12H16BrNO. The van der Waals surface area contributed by atoms with Crippen molar-refractivity contribution in [1.82, 2.24) is 5.32 Å².